The van der Waals surface area contributed by atoms with Crippen molar-refractivity contribution in [1.29, 1.82) is 0 Å². The van der Waals surface area contributed by atoms with E-state index in [9.17, 15) is 14.4 Å². The molecule has 7 heteroatoms. The fraction of sp³-hybridized carbons (Fsp3) is 0.423. The van der Waals surface area contributed by atoms with Crippen molar-refractivity contribution >= 4 is 29.1 Å². The number of rotatable bonds is 9. The molecule has 0 spiro atoms. The number of benzene rings is 2. The Morgan fingerprint density at radius 3 is 2.18 bits per heavy atom. The highest BCUT2D eigenvalue weighted by Gasteiger charge is 2.44. The van der Waals surface area contributed by atoms with Gasteiger partial charge in [-0.1, -0.05) is 39.3 Å². The van der Waals surface area contributed by atoms with Gasteiger partial charge in [-0.15, -0.1) is 0 Å². The molecule has 176 valence electrons. The highest BCUT2D eigenvalue weighted by molar-refractivity contribution is 5.98. The summed E-state index contributed by atoms with van der Waals surface area (Å²) in [6.45, 7) is 6.37. The topological polar surface area (TPSA) is 87.7 Å². The van der Waals surface area contributed by atoms with Crippen LogP contribution in [0.5, 0.6) is 5.75 Å². The average molecular weight is 452 g/mol. The number of ether oxygens (including phenoxy) is 1. The molecular formula is C26H33N3O4. The summed E-state index contributed by atoms with van der Waals surface area (Å²) in [5.74, 6) is -0.143. The number of amides is 3. The number of anilines is 2. The Bertz CT molecular complexity index is 970. The van der Waals surface area contributed by atoms with Gasteiger partial charge >= 0.3 is 0 Å². The summed E-state index contributed by atoms with van der Waals surface area (Å²) in [5, 5.41) is 5.78. The molecule has 0 saturated carbocycles. The maximum Gasteiger partial charge on any atom is 0.230 e. The first-order valence-corrected chi connectivity index (χ1v) is 11.5. The van der Waals surface area contributed by atoms with Crippen LogP contribution in [0.15, 0.2) is 48.5 Å². The second-order valence-electron chi connectivity index (χ2n) is 8.68. The lowest BCUT2D eigenvalue weighted by Crippen LogP contribution is -2.33. The lowest BCUT2D eigenvalue weighted by Gasteiger charge is -2.28. The van der Waals surface area contributed by atoms with E-state index in [-0.39, 0.29) is 36.1 Å². The van der Waals surface area contributed by atoms with Gasteiger partial charge in [0.15, 0.2) is 0 Å². The van der Waals surface area contributed by atoms with E-state index in [1.165, 1.54) is 0 Å². The summed E-state index contributed by atoms with van der Waals surface area (Å²) in [5.41, 5.74) is 2.21. The monoisotopic (exact) mass is 451 g/mol. The maximum atomic E-state index is 13.3. The van der Waals surface area contributed by atoms with Gasteiger partial charge < -0.3 is 20.3 Å². The van der Waals surface area contributed by atoms with Crippen LogP contribution in [-0.4, -0.2) is 36.3 Å². The van der Waals surface area contributed by atoms with Crippen molar-refractivity contribution < 1.29 is 19.1 Å². The molecule has 1 fully saturated rings. The fourth-order valence-corrected chi connectivity index (χ4v) is 3.99. The molecule has 3 amide bonds. The van der Waals surface area contributed by atoms with E-state index < -0.39 is 5.92 Å². The molecule has 0 aliphatic carbocycles. The molecular weight excluding hydrogens is 418 g/mol. The number of hydrogen-bond acceptors (Lipinski definition) is 4. The second-order valence-corrected chi connectivity index (χ2v) is 8.68. The largest absolute Gasteiger partial charge is 0.497 e. The van der Waals surface area contributed by atoms with Gasteiger partial charge in [-0.05, 0) is 48.4 Å². The van der Waals surface area contributed by atoms with Gasteiger partial charge in [0.2, 0.25) is 17.7 Å². The van der Waals surface area contributed by atoms with E-state index in [2.05, 4.69) is 17.6 Å². The fourth-order valence-electron chi connectivity index (χ4n) is 3.99. The Labute approximate surface area is 195 Å². The van der Waals surface area contributed by atoms with Gasteiger partial charge in [0.1, 0.15) is 5.75 Å². The SMILES string of the molecule is CCCCN1C(=O)CC(C(=O)Nc2ccc(NC(=O)C(C)C)cc2)C1c1ccc(OC)cc1. The van der Waals surface area contributed by atoms with Gasteiger partial charge in [-0.25, -0.2) is 0 Å². The van der Waals surface area contributed by atoms with Crippen LogP contribution in [0.2, 0.25) is 0 Å². The summed E-state index contributed by atoms with van der Waals surface area (Å²) in [6.07, 6.45) is 2.03. The van der Waals surface area contributed by atoms with Gasteiger partial charge in [0.05, 0.1) is 19.1 Å². The molecule has 1 heterocycles. The first kappa shape index (κ1) is 24.3. The quantitative estimate of drug-likeness (QED) is 0.582. The Balaban J connectivity index is 1.77. The van der Waals surface area contributed by atoms with Crippen LogP contribution in [-0.2, 0) is 14.4 Å². The minimum atomic E-state index is -0.497. The lowest BCUT2D eigenvalue weighted by molar-refractivity contribution is -0.129. The Kier molecular flexibility index (Phi) is 8.09. The summed E-state index contributed by atoms with van der Waals surface area (Å²) >= 11 is 0. The molecule has 1 saturated heterocycles. The summed E-state index contributed by atoms with van der Waals surface area (Å²) < 4.78 is 5.26. The number of nitrogens with one attached hydrogen (secondary N) is 2. The zero-order chi connectivity index (χ0) is 24.0. The third kappa shape index (κ3) is 5.92. The van der Waals surface area contributed by atoms with Crippen LogP contribution in [0.1, 0.15) is 51.6 Å². The highest BCUT2D eigenvalue weighted by Crippen LogP contribution is 2.39. The lowest BCUT2D eigenvalue weighted by atomic mass is 9.92. The van der Waals surface area contributed by atoms with Crippen LogP contribution >= 0.6 is 0 Å². The van der Waals surface area contributed by atoms with E-state index in [0.29, 0.717) is 17.9 Å². The summed E-state index contributed by atoms with van der Waals surface area (Å²) in [7, 11) is 1.61. The number of likely N-dealkylation sites (tertiary alicyclic amines) is 1. The first-order valence-electron chi connectivity index (χ1n) is 11.5. The standard InChI is InChI=1S/C26H33N3O4/c1-5-6-15-29-23(30)16-22(24(29)18-7-13-21(33-4)14-8-18)26(32)28-20-11-9-19(10-12-20)27-25(31)17(2)3/h7-14,17,22,24H,5-6,15-16H2,1-4H3,(H,27,31)(H,28,32). The van der Waals surface area contributed by atoms with E-state index in [4.69, 9.17) is 4.74 Å². The molecule has 7 nitrogen and oxygen atoms in total. The second kappa shape index (κ2) is 11.0. The van der Waals surface area contributed by atoms with Crippen LogP contribution in [0, 0.1) is 11.8 Å². The number of unbranched alkanes of at least 4 members (excludes halogenated alkanes) is 1. The van der Waals surface area contributed by atoms with E-state index in [1.54, 1.807) is 31.4 Å². The van der Waals surface area contributed by atoms with E-state index >= 15 is 0 Å². The van der Waals surface area contributed by atoms with Crippen LogP contribution in [0.3, 0.4) is 0 Å². The van der Waals surface area contributed by atoms with Gasteiger partial charge in [0.25, 0.3) is 0 Å². The Morgan fingerprint density at radius 1 is 1.03 bits per heavy atom. The van der Waals surface area contributed by atoms with Crippen molar-refractivity contribution in [2.24, 2.45) is 11.8 Å². The number of hydrogen-bond donors (Lipinski definition) is 2. The van der Waals surface area contributed by atoms with Crippen molar-refractivity contribution in [1.82, 2.24) is 4.90 Å². The molecule has 0 bridgehead atoms. The minimum absolute atomic E-state index is 0.00355. The maximum absolute atomic E-state index is 13.3. The molecule has 1 aliphatic rings. The minimum Gasteiger partial charge on any atom is -0.497 e. The number of nitrogens with zero attached hydrogens (tertiary/aromatic N) is 1. The Morgan fingerprint density at radius 2 is 1.64 bits per heavy atom. The van der Waals surface area contributed by atoms with Crippen molar-refractivity contribution in [3.63, 3.8) is 0 Å². The van der Waals surface area contributed by atoms with Gasteiger partial charge in [-0.2, -0.15) is 0 Å². The predicted molar refractivity (Wildman–Crippen MR) is 129 cm³/mol. The molecule has 3 rings (SSSR count). The molecule has 2 atom stereocenters. The number of carbonyl (C=O) groups is 3. The van der Waals surface area contributed by atoms with Crippen molar-refractivity contribution in [2.45, 2.75) is 46.1 Å². The van der Waals surface area contributed by atoms with Crippen molar-refractivity contribution in [2.75, 3.05) is 24.3 Å². The highest BCUT2D eigenvalue weighted by atomic mass is 16.5. The van der Waals surface area contributed by atoms with Crippen LogP contribution in [0.4, 0.5) is 11.4 Å². The molecule has 2 aromatic carbocycles. The molecule has 2 N–H and O–H groups in total. The summed E-state index contributed by atoms with van der Waals surface area (Å²) in [4.78, 5) is 39.8. The summed E-state index contributed by atoms with van der Waals surface area (Å²) in [6, 6.07) is 14.3. The van der Waals surface area contributed by atoms with Gasteiger partial charge in [0, 0.05) is 30.3 Å². The van der Waals surface area contributed by atoms with Crippen molar-refractivity contribution in [3.8, 4) is 5.75 Å². The predicted octanol–water partition coefficient (Wildman–Crippen LogP) is 4.62. The average Bonchev–Trinajstić information content (AvgIpc) is 3.15. The Hall–Kier alpha value is -3.35. The molecule has 33 heavy (non-hydrogen) atoms. The van der Waals surface area contributed by atoms with E-state index in [0.717, 1.165) is 24.2 Å². The number of methoxy groups -OCH3 is 1. The van der Waals surface area contributed by atoms with Crippen LogP contribution < -0.4 is 15.4 Å². The van der Waals surface area contributed by atoms with Gasteiger partial charge in [-0.3, -0.25) is 14.4 Å². The third-order valence-corrected chi connectivity index (χ3v) is 5.92. The van der Waals surface area contributed by atoms with E-state index in [1.807, 2.05) is 43.0 Å². The molecule has 0 radical (unpaired) electrons. The molecule has 1 aliphatic heterocycles. The first-order chi connectivity index (χ1) is 15.8. The third-order valence-electron chi connectivity index (χ3n) is 5.92. The molecule has 0 aromatic heterocycles. The normalized spacial score (nSPS) is 17.8. The smallest absolute Gasteiger partial charge is 0.230 e. The molecule has 2 aromatic rings. The van der Waals surface area contributed by atoms with Crippen molar-refractivity contribution in [3.05, 3.63) is 54.1 Å². The molecule has 2 unspecified atom stereocenters. The number of carbonyl (C=O) groups excluding carboxylic acids is 3. The zero-order valence-electron chi connectivity index (χ0n) is 19.8. The zero-order valence-corrected chi connectivity index (χ0v) is 19.8. The van der Waals surface area contributed by atoms with Crippen LogP contribution in [0.25, 0.3) is 0 Å².